The fourth-order valence-corrected chi connectivity index (χ4v) is 4.71. The number of anilines is 2. The number of hydrogen-bond donors (Lipinski definition) is 0. The van der Waals surface area contributed by atoms with E-state index < -0.39 is 0 Å². The maximum Gasteiger partial charge on any atom is 0.270 e. The number of pyridine rings is 2. The first-order chi connectivity index (χ1) is 14.8. The largest absolute Gasteiger partial charge is 0.371 e. The van der Waals surface area contributed by atoms with Gasteiger partial charge in [-0.15, -0.1) is 0 Å². The van der Waals surface area contributed by atoms with Crippen LogP contribution in [-0.4, -0.2) is 35.7 Å². The average molecular weight is 440 g/mol. The molecule has 2 atom stereocenters. The summed E-state index contributed by atoms with van der Waals surface area (Å²) in [5.41, 5.74) is 2.45. The number of aromatic nitrogens is 2. The van der Waals surface area contributed by atoms with Crippen molar-refractivity contribution in [2.45, 2.75) is 19.4 Å². The molecule has 0 N–H and O–H groups in total. The van der Waals surface area contributed by atoms with E-state index in [0.29, 0.717) is 35.0 Å². The average Bonchev–Trinajstić information content (AvgIpc) is 2.76. The minimum absolute atomic E-state index is 0.0855. The lowest BCUT2D eigenvalue weighted by atomic mass is 9.91. The lowest BCUT2D eigenvalue weighted by molar-refractivity contribution is 0.371. The van der Waals surface area contributed by atoms with Crippen molar-refractivity contribution in [3.63, 3.8) is 0 Å². The molecule has 0 bridgehead atoms. The normalized spacial score (nSPS) is 18.8. The van der Waals surface area contributed by atoms with E-state index in [1.165, 1.54) is 16.7 Å². The van der Waals surface area contributed by atoms with E-state index in [4.69, 9.17) is 11.6 Å². The number of rotatable bonds is 3. The molecule has 4 rings (SSSR count). The van der Waals surface area contributed by atoms with E-state index in [1.807, 2.05) is 7.05 Å². The first-order valence-corrected chi connectivity index (χ1v) is 10.5. The van der Waals surface area contributed by atoms with E-state index in [9.17, 15) is 14.4 Å². The molecule has 6 nitrogen and oxygen atoms in total. The van der Waals surface area contributed by atoms with Crippen molar-refractivity contribution < 1.29 is 4.39 Å². The standard InChI is InChI=1S/C23H23ClFN5O/c1-14-13-30(11-10-18(14)28(2)16-6-4-15(25)5-7-16)22-17(12-26)23(31)29(3)19-8-9-20(24)27-21(19)22/h4-9,14,18H,10-11,13H2,1-3H3/t14-,18+/m1/s1. The summed E-state index contributed by atoms with van der Waals surface area (Å²) in [4.78, 5) is 21.6. The number of aryl methyl sites for hydroxylation is 1. The summed E-state index contributed by atoms with van der Waals surface area (Å²) in [6.07, 6.45) is 0.817. The molecule has 3 heterocycles. The second kappa shape index (κ2) is 8.20. The number of nitrogens with zero attached hydrogens (tertiary/aromatic N) is 5. The zero-order valence-corrected chi connectivity index (χ0v) is 18.4. The lowest BCUT2D eigenvalue weighted by Gasteiger charge is -2.43. The summed E-state index contributed by atoms with van der Waals surface area (Å²) in [6.45, 7) is 3.46. The quantitative estimate of drug-likeness (QED) is 0.578. The van der Waals surface area contributed by atoms with Crippen molar-refractivity contribution in [3.8, 4) is 6.07 Å². The smallest absolute Gasteiger partial charge is 0.270 e. The van der Waals surface area contributed by atoms with Gasteiger partial charge in [-0.3, -0.25) is 4.79 Å². The van der Waals surface area contributed by atoms with Gasteiger partial charge in [0.05, 0.1) is 11.2 Å². The van der Waals surface area contributed by atoms with Crippen LogP contribution in [0.5, 0.6) is 0 Å². The Balaban J connectivity index is 1.70. The van der Waals surface area contributed by atoms with Crippen molar-refractivity contribution in [1.29, 1.82) is 5.26 Å². The molecule has 0 amide bonds. The Morgan fingerprint density at radius 2 is 1.97 bits per heavy atom. The van der Waals surface area contributed by atoms with Crippen LogP contribution < -0.4 is 15.4 Å². The Morgan fingerprint density at radius 1 is 1.26 bits per heavy atom. The number of halogens is 2. The molecule has 0 unspecified atom stereocenters. The van der Waals surface area contributed by atoms with Crippen molar-refractivity contribution in [2.75, 3.05) is 29.9 Å². The second-order valence-electron chi connectivity index (χ2n) is 8.07. The Bertz CT molecular complexity index is 1230. The molecular weight excluding hydrogens is 417 g/mol. The summed E-state index contributed by atoms with van der Waals surface area (Å²) >= 11 is 6.16. The van der Waals surface area contributed by atoms with E-state index >= 15 is 0 Å². The van der Waals surface area contributed by atoms with Gasteiger partial charge in [0.25, 0.3) is 5.56 Å². The van der Waals surface area contributed by atoms with Crippen molar-refractivity contribution >= 4 is 34.0 Å². The third-order valence-corrected chi connectivity index (χ3v) is 6.41. The van der Waals surface area contributed by atoms with Gasteiger partial charge in [-0.2, -0.15) is 5.26 Å². The molecule has 1 fully saturated rings. The van der Waals surface area contributed by atoms with Crippen LogP contribution in [0.2, 0.25) is 5.15 Å². The van der Waals surface area contributed by atoms with Gasteiger partial charge in [0.15, 0.2) is 0 Å². The predicted molar refractivity (Wildman–Crippen MR) is 121 cm³/mol. The third kappa shape index (κ3) is 3.72. The molecule has 8 heteroatoms. The zero-order chi connectivity index (χ0) is 22.3. The summed E-state index contributed by atoms with van der Waals surface area (Å²) in [7, 11) is 3.65. The highest BCUT2D eigenvalue weighted by atomic mass is 35.5. The summed E-state index contributed by atoms with van der Waals surface area (Å²) in [5, 5.41) is 10.1. The van der Waals surface area contributed by atoms with Crippen LogP contribution in [0, 0.1) is 23.1 Å². The molecule has 0 radical (unpaired) electrons. The first-order valence-electron chi connectivity index (χ1n) is 10.1. The van der Waals surface area contributed by atoms with Crippen LogP contribution in [0.15, 0.2) is 41.2 Å². The van der Waals surface area contributed by atoms with Crippen molar-refractivity contribution in [3.05, 3.63) is 63.3 Å². The highest BCUT2D eigenvalue weighted by Gasteiger charge is 2.32. The van der Waals surface area contributed by atoms with Crippen LogP contribution in [0.25, 0.3) is 11.0 Å². The van der Waals surface area contributed by atoms with Gasteiger partial charge < -0.3 is 14.4 Å². The van der Waals surface area contributed by atoms with Gasteiger partial charge >= 0.3 is 0 Å². The van der Waals surface area contributed by atoms with Gasteiger partial charge in [-0.25, -0.2) is 9.37 Å². The Hall–Kier alpha value is -3.11. The van der Waals surface area contributed by atoms with Crippen molar-refractivity contribution in [2.24, 2.45) is 13.0 Å². The number of nitriles is 1. The second-order valence-corrected chi connectivity index (χ2v) is 8.46. The fraction of sp³-hybridized carbons (Fsp3) is 0.348. The maximum atomic E-state index is 13.3. The molecular formula is C23H23ClFN5O. The number of fused-ring (bicyclic) bond motifs is 1. The topological polar surface area (TPSA) is 65.2 Å². The summed E-state index contributed by atoms with van der Waals surface area (Å²) in [5.74, 6) is -0.0265. The Morgan fingerprint density at radius 3 is 2.61 bits per heavy atom. The Labute approximate surface area is 185 Å². The third-order valence-electron chi connectivity index (χ3n) is 6.20. The van der Waals surface area contributed by atoms with Crippen LogP contribution >= 0.6 is 11.6 Å². The van der Waals surface area contributed by atoms with E-state index in [-0.39, 0.29) is 28.9 Å². The zero-order valence-electron chi connectivity index (χ0n) is 17.6. The minimum atomic E-state index is -0.340. The molecule has 1 aliphatic rings. The molecule has 3 aromatic rings. The first kappa shape index (κ1) is 21.1. The fourth-order valence-electron chi connectivity index (χ4n) is 4.56. The number of hydrogen-bond acceptors (Lipinski definition) is 5. The molecule has 160 valence electrons. The monoisotopic (exact) mass is 439 g/mol. The van der Waals surface area contributed by atoms with E-state index in [0.717, 1.165) is 12.1 Å². The van der Waals surface area contributed by atoms with Crippen LogP contribution in [0.1, 0.15) is 18.9 Å². The maximum absolute atomic E-state index is 13.3. The highest BCUT2D eigenvalue weighted by molar-refractivity contribution is 6.29. The molecule has 2 aromatic heterocycles. The molecule has 0 spiro atoms. The van der Waals surface area contributed by atoms with Gasteiger partial charge in [0, 0.05) is 38.9 Å². The molecule has 1 saturated heterocycles. The summed E-state index contributed by atoms with van der Waals surface area (Å²) in [6, 6.07) is 12.2. The molecule has 0 saturated carbocycles. The molecule has 31 heavy (non-hydrogen) atoms. The van der Waals surface area contributed by atoms with Crippen molar-refractivity contribution in [1.82, 2.24) is 9.55 Å². The minimum Gasteiger partial charge on any atom is -0.371 e. The predicted octanol–water partition coefficient (Wildman–Crippen LogP) is 3.95. The Kier molecular flexibility index (Phi) is 5.59. The van der Waals surface area contributed by atoms with Gasteiger partial charge in [0.1, 0.15) is 28.1 Å². The highest BCUT2D eigenvalue weighted by Crippen LogP contribution is 2.33. The van der Waals surface area contributed by atoms with Gasteiger partial charge in [0.2, 0.25) is 0 Å². The van der Waals surface area contributed by atoms with Crippen LogP contribution in [-0.2, 0) is 7.05 Å². The van der Waals surface area contributed by atoms with Gasteiger partial charge in [-0.1, -0.05) is 18.5 Å². The van der Waals surface area contributed by atoms with Gasteiger partial charge in [-0.05, 0) is 48.7 Å². The summed E-state index contributed by atoms with van der Waals surface area (Å²) < 4.78 is 14.7. The SMILES string of the molecule is C[C@@H]1CN(c2c(C#N)c(=O)n(C)c3ccc(Cl)nc23)CC[C@@H]1N(C)c1ccc(F)cc1. The molecule has 1 aromatic carbocycles. The van der Waals surface area contributed by atoms with E-state index in [2.05, 4.69) is 27.8 Å². The van der Waals surface area contributed by atoms with E-state index in [1.54, 1.807) is 31.3 Å². The van der Waals surface area contributed by atoms with Crippen LogP contribution in [0.3, 0.4) is 0 Å². The molecule has 0 aliphatic carbocycles. The van der Waals surface area contributed by atoms with Crippen LogP contribution in [0.4, 0.5) is 15.8 Å². The molecule has 1 aliphatic heterocycles. The lowest BCUT2D eigenvalue weighted by Crippen LogP contribution is -2.49. The number of benzene rings is 1. The number of piperidine rings is 1.